The molecule has 7 heteroatoms. The summed E-state index contributed by atoms with van der Waals surface area (Å²) < 4.78 is 5.35. The standard InChI is InChI=1S/C25H23N3O3S/c29-24-13-12-20(17-23(24)28-26-21-10-4-5-11-22(21)27-28)14-15-31-25(30)18-32-16-6-9-19-7-2-1-3-8-19/h1-13,17,29H,14-16,18H2/b9-6+. The van der Waals surface area contributed by atoms with Crippen LogP contribution in [0.15, 0.2) is 78.9 Å². The molecule has 6 nitrogen and oxygen atoms in total. The third-order valence-corrected chi connectivity index (χ3v) is 5.61. The molecular formula is C25H23N3O3S. The van der Waals surface area contributed by atoms with Gasteiger partial charge in [0, 0.05) is 12.2 Å². The summed E-state index contributed by atoms with van der Waals surface area (Å²) in [5, 5.41) is 19.1. The number of aromatic hydroxyl groups is 1. The molecule has 3 aromatic carbocycles. The van der Waals surface area contributed by atoms with E-state index in [1.165, 1.54) is 16.6 Å². The maximum absolute atomic E-state index is 12.0. The Labute approximate surface area is 190 Å². The fraction of sp³-hybridized carbons (Fsp3) is 0.160. The van der Waals surface area contributed by atoms with E-state index in [1.807, 2.05) is 72.8 Å². The average Bonchev–Trinajstić information content (AvgIpc) is 3.25. The van der Waals surface area contributed by atoms with E-state index in [2.05, 4.69) is 10.2 Å². The second-order valence-electron chi connectivity index (χ2n) is 7.10. The quantitative estimate of drug-likeness (QED) is 0.298. The maximum Gasteiger partial charge on any atom is 0.315 e. The van der Waals surface area contributed by atoms with Gasteiger partial charge in [0.25, 0.3) is 0 Å². The van der Waals surface area contributed by atoms with Crippen LogP contribution in [0.3, 0.4) is 0 Å². The minimum Gasteiger partial charge on any atom is -0.506 e. The lowest BCUT2D eigenvalue weighted by Crippen LogP contribution is -2.10. The number of fused-ring (bicyclic) bond motifs is 1. The first-order valence-corrected chi connectivity index (χ1v) is 11.4. The van der Waals surface area contributed by atoms with Crippen LogP contribution in [-0.2, 0) is 16.0 Å². The number of hydrogen-bond acceptors (Lipinski definition) is 6. The van der Waals surface area contributed by atoms with Crippen LogP contribution in [0.5, 0.6) is 5.75 Å². The number of carbonyl (C=O) groups is 1. The molecular weight excluding hydrogens is 422 g/mol. The lowest BCUT2D eigenvalue weighted by Gasteiger charge is -2.08. The molecule has 1 N–H and O–H groups in total. The highest BCUT2D eigenvalue weighted by Crippen LogP contribution is 2.23. The molecule has 0 aliphatic carbocycles. The molecule has 4 aromatic rings. The second kappa shape index (κ2) is 10.6. The zero-order valence-corrected chi connectivity index (χ0v) is 18.2. The topological polar surface area (TPSA) is 77.2 Å². The van der Waals surface area contributed by atoms with Crippen LogP contribution in [0.25, 0.3) is 22.8 Å². The number of rotatable bonds is 9. The average molecular weight is 446 g/mol. The molecule has 0 saturated heterocycles. The van der Waals surface area contributed by atoms with Crippen molar-refractivity contribution < 1.29 is 14.6 Å². The van der Waals surface area contributed by atoms with Crippen LogP contribution < -0.4 is 0 Å². The Kier molecular flexibility index (Phi) is 7.19. The summed E-state index contributed by atoms with van der Waals surface area (Å²) in [6.45, 7) is 0.276. The molecule has 0 bridgehead atoms. The molecule has 0 amide bonds. The molecule has 0 radical (unpaired) electrons. The predicted molar refractivity (Wildman–Crippen MR) is 128 cm³/mol. The van der Waals surface area contributed by atoms with E-state index in [4.69, 9.17) is 4.74 Å². The highest BCUT2D eigenvalue weighted by atomic mass is 32.2. The van der Waals surface area contributed by atoms with Crippen molar-refractivity contribution in [2.45, 2.75) is 6.42 Å². The van der Waals surface area contributed by atoms with E-state index >= 15 is 0 Å². The van der Waals surface area contributed by atoms with E-state index in [1.54, 1.807) is 12.1 Å². The van der Waals surface area contributed by atoms with E-state index < -0.39 is 0 Å². The van der Waals surface area contributed by atoms with E-state index in [0.29, 0.717) is 17.9 Å². The van der Waals surface area contributed by atoms with Gasteiger partial charge in [-0.15, -0.1) is 26.8 Å². The number of phenolic OH excluding ortho intramolecular Hbond substituents is 1. The summed E-state index contributed by atoms with van der Waals surface area (Å²) in [6.07, 6.45) is 4.62. The monoisotopic (exact) mass is 445 g/mol. The van der Waals surface area contributed by atoms with E-state index in [-0.39, 0.29) is 18.3 Å². The molecule has 1 heterocycles. The molecule has 0 unspecified atom stereocenters. The Hall–Kier alpha value is -3.58. The van der Waals surface area contributed by atoms with Crippen molar-refractivity contribution in [2.24, 2.45) is 0 Å². The number of thioether (sulfide) groups is 1. The largest absolute Gasteiger partial charge is 0.506 e. The SMILES string of the molecule is O=C(CSC/C=C/c1ccccc1)OCCc1ccc(O)c(-n2nc3ccccc3n2)c1. The first-order chi connectivity index (χ1) is 15.7. The van der Waals surface area contributed by atoms with Gasteiger partial charge in [-0.2, -0.15) is 0 Å². The number of esters is 1. The summed E-state index contributed by atoms with van der Waals surface area (Å²) in [7, 11) is 0. The zero-order valence-electron chi connectivity index (χ0n) is 17.4. The Morgan fingerprint density at radius 1 is 1.00 bits per heavy atom. The Bertz CT molecular complexity index is 1190. The first kappa shape index (κ1) is 21.6. The van der Waals surface area contributed by atoms with Gasteiger partial charge in [0.15, 0.2) is 0 Å². The van der Waals surface area contributed by atoms with Crippen molar-refractivity contribution in [2.75, 3.05) is 18.1 Å². The summed E-state index contributed by atoms with van der Waals surface area (Å²) in [6, 6.07) is 22.8. The van der Waals surface area contributed by atoms with Crippen molar-refractivity contribution in [3.05, 3.63) is 90.0 Å². The Balaban J connectivity index is 1.24. The first-order valence-electron chi connectivity index (χ1n) is 10.3. The smallest absolute Gasteiger partial charge is 0.315 e. The van der Waals surface area contributed by atoms with Crippen LogP contribution in [0, 0.1) is 0 Å². The molecule has 0 fully saturated rings. The number of aromatic nitrogens is 3. The van der Waals surface area contributed by atoms with Crippen molar-refractivity contribution >= 4 is 34.8 Å². The second-order valence-corrected chi connectivity index (χ2v) is 8.13. The number of benzene rings is 3. The fourth-order valence-corrected chi connectivity index (χ4v) is 3.74. The van der Waals surface area contributed by atoms with Gasteiger partial charge in [-0.05, 0) is 35.4 Å². The zero-order chi connectivity index (χ0) is 22.2. The van der Waals surface area contributed by atoms with Gasteiger partial charge in [0.05, 0.1) is 12.4 Å². The summed E-state index contributed by atoms with van der Waals surface area (Å²) in [4.78, 5) is 13.4. The Morgan fingerprint density at radius 2 is 1.72 bits per heavy atom. The summed E-state index contributed by atoms with van der Waals surface area (Å²) >= 11 is 1.52. The highest BCUT2D eigenvalue weighted by Gasteiger charge is 2.10. The van der Waals surface area contributed by atoms with Crippen LogP contribution in [0.4, 0.5) is 0 Å². The molecule has 4 rings (SSSR count). The van der Waals surface area contributed by atoms with Gasteiger partial charge in [0.2, 0.25) is 0 Å². The molecule has 0 aliphatic rings. The molecule has 1 aromatic heterocycles. The lowest BCUT2D eigenvalue weighted by molar-refractivity contribution is -0.140. The van der Waals surface area contributed by atoms with E-state index in [9.17, 15) is 9.90 Å². The number of hydrogen-bond donors (Lipinski definition) is 1. The fourth-order valence-electron chi connectivity index (χ4n) is 3.14. The molecule has 32 heavy (non-hydrogen) atoms. The third-order valence-electron chi connectivity index (χ3n) is 4.74. The van der Waals surface area contributed by atoms with E-state index in [0.717, 1.165) is 27.9 Å². The predicted octanol–water partition coefficient (Wildman–Crippen LogP) is 4.66. The molecule has 0 atom stereocenters. The van der Waals surface area contributed by atoms with Crippen molar-refractivity contribution in [1.82, 2.24) is 15.0 Å². The minimum absolute atomic E-state index is 0.0889. The third kappa shape index (κ3) is 5.76. The van der Waals surface area contributed by atoms with Gasteiger partial charge in [-0.25, -0.2) is 0 Å². The van der Waals surface area contributed by atoms with Crippen molar-refractivity contribution in [1.29, 1.82) is 0 Å². The number of phenols is 1. The highest BCUT2D eigenvalue weighted by molar-refractivity contribution is 8.00. The van der Waals surface area contributed by atoms with Crippen LogP contribution in [0.2, 0.25) is 0 Å². The minimum atomic E-state index is -0.234. The van der Waals surface area contributed by atoms with Gasteiger partial charge >= 0.3 is 5.97 Å². The molecule has 0 saturated carbocycles. The van der Waals surface area contributed by atoms with Crippen LogP contribution >= 0.6 is 11.8 Å². The maximum atomic E-state index is 12.0. The number of nitrogens with zero attached hydrogens (tertiary/aromatic N) is 3. The Morgan fingerprint density at radius 3 is 2.47 bits per heavy atom. The number of ether oxygens (including phenoxy) is 1. The molecule has 162 valence electrons. The van der Waals surface area contributed by atoms with Crippen molar-refractivity contribution in [3.8, 4) is 11.4 Å². The van der Waals surface area contributed by atoms with Gasteiger partial charge < -0.3 is 9.84 Å². The molecule has 0 aliphatic heterocycles. The summed E-state index contributed by atoms with van der Waals surface area (Å²) in [5.74, 6) is 0.911. The molecule has 0 spiro atoms. The summed E-state index contributed by atoms with van der Waals surface area (Å²) in [5.41, 5.74) is 4.06. The van der Waals surface area contributed by atoms with Gasteiger partial charge in [-0.1, -0.05) is 60.7 Å². The van der Waals surface area contributed by atoms with Crippen molar-refractivity contribution in [3.63, 3.8) is 0 Å². The van der Waals surface area contributed by atoms with Crippen LogP contribution in [-0.4, -0.2) is 44.2 Å². The van der Waals surface area contributed by atoms with Gasteiger partial charge in [-0.3, -0.25) is 4.79 Å². The van der Waals surface area contributed by atoms with Crippen LogP contribution in [0.1, 0.15) is 11.1 Å². The lowest BCUT2D eigenvalue weighted by atomic mass is 10.1. The number of carbonyl (C=O) groups excluding carboxylic acids is 1. The normalized spacial score (nSPS) is 11.2. The van der Waals surface area contributed by atoms with Gasteiger partial charge in [0.1, 0.15) is 22.5 Å².